The van der Waals surface area contributed by atoms with Crippen LogP contribution in [0.2, 0.25) is 0 Å². The van der Waals surface area contributed by atoms with Crippen LogP contribution in [-0.2, 0) is 0 Å². The second-order valence-corrected chi connectivity index (χ2v) is 9.53. The lowest BCUT2D eigenvalue weighted by Crippen LogP contribution is -2.28. The molecule has 2 atom stereocenters. The normalized spacial score (nSPS) is 20.6. The van der Waals surface area contributed by atoms with E-state index in [9.17, 15) is 4.39 Å². The number of likely N-dealkylation sites (tertiary alicyclic amines) is 2. The van der Waals surface area contributed by atoms with Gasteiger partial charge in [-0.3, -0.25) is 0 Å². The van der Waals surface area contributed by atoms with Crippen LogP contribution < -0.4 is 14.8 Å². The third kappa shape index (κ3) is 4.79. The van der Waals surface area contributed by atoms with Crippen LogP contribution in [0.5, 0.6) is 11.5 Å². The fourth-order valence-electron chi connectivity index (χ4n) is 5.27. The molecule has 0 aliphatic carbocycles. The maximum atomic E-state index is 13.7. The summed E-state index contributed by atoms with van der Waals surface area (Å²) in [6.07, 6.45) is 2.46. The van der Waals surface area contributed by atoms with Crippen LogP contribution in [0, 0.1) is 24.6 Å². The van der Waals surface area contributed by atoms with Crippen molar-refractivity contribution in [1.29, 1.82) is 0 Å². The van der Waals surface area contributed by atoms with E-state index in [2.05, 4.69) is 32.1 Å². The van der Waals surface area contributed by atoms with Crippen molar-refractivity contribution in [2.45, 2.75) is 13.3 Å². The number of fused-ring (bicyclic) bond motifs is 2. The third-order valence-electron chi connectivity index (χ3n) is 6.96. The Morgan fingerprint density at radius 2 is 1.85 bits per heavy atom. The minimum absolute atomic E-state index is 0.233. The van der Waals surface area contributed by atoms with Crippen molar-refractivity contribution in [3.63, 3.8) is 0 Å². The first-order chi connectivity index (χ1) is 16.5. The highest BCUT2D eigenvalue weighted by molar-refractivity contribution is 5.93. The van der Waals surface area contributed by atoms with Gasteiger partial charge in [0.15, 0.2) is 11.5 Å². The molecule has 0 bridgehead atoms. The van der Waals surface area contributed by atoms with Gasteiger partial charge in [0.2, 0.25) is 0 Å². The van der Waals surface area contributed by atoms with Crippen LogP contribution in [-0.4, -0.2) is 73.3 Å². The fourth-order valence-corrected chi connectivity index (χ4v) is 5.27. The molecule has 0 radical (unpaired) electrons. The van der Waals surface area contributed by atoms with Gasteiger partial charge < -0.3 is 24.6 Å². The number of anilines is 2. The molecule has 3 heterocycles. The highest BCUT2D eigenvalue weighted by Gasteiger charge is 2.38. The smallest absolute Gasteiger partial charge is 0.162 e. The molecule has 2 aliphatic rings. The van der Waals surface area contributed by atoms with E-state index in [1.54, 1.807) is 26.2 Å². The van der Waals surface area contributed by atoms with E-state index < -0.39 is 0 Å². The highest BCUT2D eigenvalue weighted by atomic mass is 19.1. The van der Waals surface area contributed by atoms with Gasteiger partial charge in [0, 0.05) is 49.9 Å². The Bertz CT molecular complexity index is 1160. The molecule has 2 fully saturated rings. The Labute approximate surface area is 199 Å². The summed E-state index contributed by atoms with van der Waals surface area (Å²) in [5.74, 6) is 3.36. The lowest BCUT2D eigenvalue weighted by Gasteiger charge is -2.19. The molecule has 5 rings (SSSR count). The Balaban J connectivity index is 1.26. The summed E-state index contributed by atoms with van der Waals surface area (Å²) < 4.78 is 25.4. The molecule has 180 valence electrons. The predicted octanol–water partition coefficient (Wildman–Crippen LogP) is 4.09. The van der Waals surface area contributed by atoms with Crippen LogP contribution in [0.3, 0.4) is 0 Å². The molecular formula is C26H32FN5O2. The van der Waals surface area contributed by atoms with E-state index in [0.717, 1.165) is 41.4 Å². The number of nitrogens with zero attached hydrogens (tertiary/aromatic N) is 4. The van der Waals surface area contributed by atoms with Crippen molar-refractivity contribution in [1.82, 2.24) is 19.8 Å². The molecule has 2 saturated heterocycles. The summed E-state index contributed by atoms with van der Waals surface area (Å²) in [4.78, 5) is 13.8. The minimum atomic E-state index is -0.233. The maximum absolute atomic E-state index is 13.7. The number of nitrogens with one attached hydrogen (secondary N) is 1. The average molecular weight is 466 g/mol. The number of rotatable bonds is 8. The van der Waals surface area contributed by atoms with Crippen LogP contribution in [0.15, 0.2) is 36.7 Å². The molecule has 8 heteroatoms. The van der Waals surface area contributed by atoms with Gasteiger partial charge in [-0.05, 0) is 62.1 Å². The molecule has 0 amide bonds. The van der Waals surface area contributed by atoms with E-state index >= 15 is 0 Å². The van der Waals surface area contributed by atoms with Gasteiger partial charge in [0.05, 0.1) is 19.2 Å². The van der Waals surface area contributed by atoms with Gasteiger partial charge in [0.25, 0.3) is 0 Å². The first kappa shape index (κ1) is 22.8. The third-order valence-corrected chi connectivity index (χ3v) is 6.96. The van der Waals surface area contributed by atoms with Crippen molar-refractivity contribution < 1.29 is 13.9 Å². The first-order valence-corrected chi connectivity index (χ1v) is 11.9. The number of aryl methyl sites for hydroxylation is 1. The molecule has 0 spiro atoms. The monoisotopic (exact) mass is 465 g/mol. The summed E-state index contributed by atoms with van der Waals surface area (Å²) >= 11 is 0. The quantitative estimate of drug-likeness (QED) is 0.503. The molecule has 2 unspecified atom stereocenters. The van der Waals surface area contributed by atoms with Crippen molar-refractivity contribution in [2.24, 2.45) is 11.8 Å². The first-order valence-electron chi connectivity index (χ1n) is 11.9. The summed E-state index contributed by atoms with van der Waals surface area (Å²) in [5, 5.41) is 4.10. The lowest BCUT2D eigenvalue weighted by molar-refractivity contribution is 0.237. The zero-order chi connectivity index (χ0) is 23.7. The Kier molecular flexibility index (Phi) is 6.52. The largest absolute Gasteiger partial charge is 0.493 e. The van der Waals surface area contributed by atoms with E-state index in [1.807, 2.05) is 12.1 Å². The van der Waals surface area contributed by atoms with Gasteiger partial charge in [-0.1, -0.05) is 0 Å². The molecule has 2 aromatic carbocycles. The Hall–Kier alpha value is -2.97. The summed E-state index contributed by atoms with van der Waals surface area (Å²) in [6, 6.07) is 8.69. The van der Waals surface area contributed by atoms with Gasteiger partial charge in [-0.15, -0.1) is 0 Å². The summed E-state index contributed by atoms with van der Waals surface area (Å²) in [5.41, 5.74) is 2.08. The molecule has 1 aromatic heterocycles. The second kappa shape index (κ2) is 9.72. The lowest BCUT2D eigenvalue weighted by atomic mass is 10.0. The number of hydrogen-bond acceptors (Lipinski definition) is 7. The van der Waals surface area contributed by atoms with Crippen molar-refractivity contribution in [3.8, 4) is 11.5 Å². The molecule has 2 aliphatic heterocycles. The van der Waals surface area contributed by atoms with Gasteiger partial charge >= 0.3 is 0 Å². The van der Waals surface area contributed by atoms with E-state index in [0.29, 0.717) is 29.5 Å². The molecule has 7 nitrogen and oxygen atoms in total. The van der Waals surface area contributed by atoms with Crippen LogP contribution in [0.4, 0.5) is 15.9 Å². The Morgan fingerprint density at radius 1 is 1.06 bits per heavy atom. The predicted molar refractivity (Wildman–Crippen MR) is 132 cm³/mol. The van der Waals surface area contributed by atoms with Crippen molar-refractivity contribution in [2.75, 3.05) is 58.8 Å². The van der Waals surface area contributed by atoms with Crippen molar-refractivity contribution in [3.05, 3.63) is 48.0 Å². The number of methoxy groups -OCH3 is 1. The van der Waals surface area contributed by atoms with Crippen molar-refractivity contribution >= 4 is 22.4 Å². The van der Waals surface area contributed by atoms with E-state index in [1.165, 1.54) is 38.6 Å². The number of halogens is 1. The van der Waals surface area contributed by atoms with Gasteiger partial charge in [-0.25, -0.2) is 14.4 Å². The topological polar surface area (TPSA) is 62.8 Å². The average Bonchev–Trinajstić information content (AvgIpc) is 3.35. The summed E-state index contributed by atoms with van der Waals surface area (Å²) in [6.45, 7) is 8.24. The zero-order valence-corrected chi connectivity index (χ0v) is 20.1. The number of benzene rings is 2. The highest BCUT2D eigenvalue weighted by Crippen LogP contribution is 2.35. The van der Waals surface area contributed by atoms with E-state index in [4.69, 9.17) is 9.47 Å². The molecular weight excluding hydrogens is 433 g/mol. The molecule has 1 N–H and O–H groups in total. The van der Waals surface area contributed by atoms with Gasteiger partial charge in [-0.2, -0.15) is 0 Å². The van der Waals surface area contributed by atoms with E-state index in [-0.39, 0.29) is 5.82 Å². The number of hydrogen-bond donors (Lipinski definition) is 1. The number of aromatic nitrogens is 2. The van der Waals surface area contributed by atoms with Crippen LogP contribution in [0.1, 0.15) is 12.0 Å². The van der Waals surface area contributed by atoms with Crippen LogP contribution in [0.25, 0.3) is 10.9 Å². The minimum Gasteiger partial charge on any atom is -0.493 e. The molecule has 34 heavy (non-hydrogen) atoms. The molecule has 3 aromatic rings. The number of ether oxygens (including phenoxy) is 2. The fraction of sp³-hybridized carbons (Fsp3) is 0.462. The zero-order valence-electron chi connectivity index (χ0n) is 20.1. The standard InChI is InChI=1S/C26H32FN5O2/c1-17-9-20(5-6-22(17)27)30-26-21-10-25(24(33-3)11-23(21)28-16-29-26)34-8-4-7-32-14-18-12-31(2)13-19(18)15-32/h5-6,9-11,16,18-19H,4,7-8,12-15H2,1-3H3,(H,28,29,30). The Morgan fingerprint density at radius 3 is 2.59 bits per heavy atom. The summed E-state index contributed by atoms with van der Waals surface area (Å²) in [7, 11) is 3.86. The SMILES string of the molecule is COc1cc2ncnc(Nc3ccc(F)c(C)c3)c2cc1OCCCN1CC2CN(C)CC2C1. The van der Waals surface area contributed by atoms with Gasteiger partial charge in [0.1, 0.15) is 18.0 Å². The maximum Gasteiger partial charge on any atom is 0.162 e. The van der Waals surface area contributed by atoms with Crippen LogP contribution >= 0.6 is 0 Å². The second-order valence-electron chi connectivity index (χ2n) is 9.53. The molecule has 0 saturated carbocycles.